The minimum atomic E-state index is -1.17. The van der Waals surface area contributed by atoms with E-state index in [-0.39, 0.29) is 30.7 Å². The van der Waals surface area contributed by atoms with Gasteiger partial charge in [0.2, 0.25) is 11.8 Å². The highest BCUT2D eigenvalue weighted by Crippen LogP contribution is 2.35. The molecule has 10 heteroatoms. The first-order chi connectivity index (χ1) is 16.8. The number of aliphatic hydroxyl groups excluding tert-OH is 1. The molecule has 1 saturated heterocycles. The SMILES string of the molecule is CC(=O)NC(C(=O)N1C[C@H](O)CC1C1=NC(C)(c2ccc(-c3scnc3C)cc2)C(=O)N1)C(C)(C)C. The Kier molecular flexibility index (Phi) is 6.78. The van der Waals surface area contributed by atoms with Crippen LogP contribution < -0.4 is 10.6 Å². The average Bonchev–Trinajstić information content (AvgIpc) is 3.48. The topological polar surface area (TPSA) is 124 Å². The molecule has 2 aromatic rings. The summed E-state index contributed by atoms with van der Waals surface area (Å²) >= 11 is 1.56. The van der Waals surface area contributed by atoms with Crippen molar-refractivity contribution in [1.82, 2.24) is 20.5 Å². The second-order valence-corrected chi connectivity index (χ2v) is 11.6. The molecule has 3 N–H and O–H groups in total. The molecule has 3 amide bonds. The molecule has 9 nitrogen and oxygen atoms in total. The number of hydrogen-bond acceptors (Lipinski definition) is 7. The standard InChI is InChI=1S/C26H33N5O4S/c1-14-20(36-13-27-14)16-7-9-17(10-8-16)26(6)24(35)29-22(30-26)19-11-18(33)12-31(19)23(34)21(25(3,4)5)28-15(2)32/h7-10,13,18-19,21,33H,11-12H2,1-6H3,(H,28,32)(H,29,30,35)/t18-,19?,21?,26?/m1/s1. The van der Waals surface area contributed by atoms with Gasteiger partial charge in [-0.25, -0.2) is 9.98 Å². The maximum atomic E-state index is 13.6. The van der Waals surface area contributed by atoms with Gasteiger partial charge < -0.3 is 20.6 Å². The summed E-state index contributed by atoms with van der Waals surface area (Å²) in [4.78, 5) is 50.2. The molecule has 1 aromatic carbocycles. The zero-order valence-electron chi connectivity index (χ0n) is 21.5. The second kappa shape index (κ2) is 9.40. The van der Waals surface area contributed by atoms with Crippen LogP contribution in [-0.2, 0) is 19.9 Å². The molecular formula is C26H33N5O4S. The molecule has 3 heterocycles. The van der Waals surface area contributed by atoms with E-state index in [0.29, 0.717) is 5.84 Å². The van der Waals surface area contributed by atoms with Crippen LogP contribution in [0.3, 0.4) is 0 Å². The zero-order chi connectivity index (χ0) is 26.4. The van der Waals surface area contributed by atoms with E-state index >= 15 is 0 Å². The van der Waals surface area contributed by atoms with Gasteiger partial charge in [-0.2, -0.15) is 0 Å². The van der Waals surface area contributed by atoms with Crippen molar-refractivity contribution in [2.24, 2.45) is 10.4 Å². The van der Waals surface area contributed by atoms with Gasteiger partial charge in [-0.05, 0) is 30.4 Å². The maximum Gasteiger partial charge on any atom is 0.257 e. The maximum absolute atomic E-state index is 13.6. The number of rotatable bonds is 5. The number of nitrogens with zero attached hydrogens (tertiary/aromatic N) is 3. The first-order valence-corrected chi connectivity index (χ1v) is 12.9. The molecule has 0 bridgehead atoms. The number of β-amino-alcohol motifs (C(OH)–C–C–N with tert-alkyl or cyclic N) is 1. The largest absolute Gasteiger partial charge is 0.391 e. The van der Waals surface area contributed by atoms with Gasteiger partial charge in [-0.15, -0.1) is 11.3 Å². The lowest BCUT2D eigenvalue weighted by molar-refractivity contribution is -0.139. The Morgan fingerprint density at radius 3 is 2.50 bits per heavy atom. The third-order valence-electron chi connectivity index (χ3n) is 6.82. The summed E-state index contributed by atoms with van der Waals surface area (Å²) in [5, 5.41) is 16.1. The number of aliphatic hydroxyl groups is 1. The van der Waals surface area contributed by atoms with Crippen LogP contribution >= 0.6 is 11.3 Å². The summed E-state index contributed by atoms with van der Waals surface area (Å²) in [6, 6.07) is 6.31. The van der Waals surface area contributed by atoms with E-state index in [2.05, 4.69) is 15.6 Å². The summed E-state index contributed by atoms with van der Waals surface area (Å²) in [5.74, 6) is -0.558. The second-order valence-electron chi connectivity index (χ2n) is 10.8. The van der Waals surface area contributed by atoms with Crippen LogP contribution in [0.4, 0.5) is 0 Å². The summed E-state index contributed by atoms with van der Waals surface area (Å²) in [6.07, 6.45) is -0.508. The number of aliphatic imine (C=N–C) groups is 1. The number of carbonyl (C=O) groups excluding carboxylic acids is 3. The lowest BCUT2D eigenvalue weighted by Crippen LogP contribution is -2.57. The Balaban J connectivity index is 1.63. The van der Waals surface area contributed by atoms with Crippen LogP contribution in [0.5, 0.6) is 0 Å². The predicted molar refractivity (Wildman–Crippen MR) is 138 cm³/mol. The predicted octanol–water partition coefficient (Wildman–Crippen LogP) is 2.37. The highest BCUT2D eigenvalue weighted by Gasteiger charge is 2.48. The van der Waals surface area contributed by atoms with Gasteiger partial charge in [0.15, 0.2) is 5.54 Å². The van der Waals surface area contributed by atoms with Crippen molar-refractivity contribution in [2.45, 2.75) is 71.7 Å². The average molecular weight is 512 g/mol. The van der Waals surface area contributed by atoms with Gasteiger partial charge in [0.1, 0.15) is 11.9 Å². The molecule has 0 saturated carbocycles. The molecule has 1 fully saturated rings. The molecular weight excluding hydrogens is 478 g/mol. The third kappa shape index (κ3) is 4.79. The first kappa shape index (κ1) is 26.0. The van der Waals surface area contributed by atoms with Gasteiger partial charge in [-0.3, -0.25) is 14.4 Å². The summed E-state index contributed by atoms with van der Waals surface area (Å²) < 4.78 is 0. The van der Waals surface area contributed by atoms with Gasteiger partial charge in [0.05, 0.1) is 28.2 Å². The Morgan fingerprint density at radius 1 is 1.28 bits per heavy atom. The van der Waals surface area contributed by atoms with E-state index in [4.69, 9.17) is 4.99 Å². The quantitative estimate of drug-likeness (QED) is 0.569. The normalized spacial score (nSPS) is 24.9. The molecule has 0 spiro atoms. The number of aromatic nitrogens is 1. The molecule has 3 unspecified atom stereocenters. The fraction of sp³-hybridized carbons (Fsp3) is 0.500. The van der Waals surface area contributed by atoms with Crippen LogP contribution in [0.1, 0.15) is 52.3 Å². The van der Waals surface area contributed by atoms with Crippen molar-refractivity contribution in [3.05, 3.63) is 41.0 Å². The Bertz CT molecular complexity index is 1220. The van der Waals surface area contributed by atoms with Crippen LogP contribution in [-0.4, -0.2) is 63.3 Å². The number of amides is 3. The van der Waals surface area contributed by atoms with E-state index in [0.717, 1.165) is 21.7 Å². The van der Waals surface area contributed by atoms with Gasteiger partial charge in [0, 0.05) is 19.9 Å². The van der Waals surface area contributed by atoms with E-state index in [9.17, 15) is 19.5 Å². The minimum Gasteiger partial charge on any atom is -0.391 e. The van der Waals surface area contributed by atoms with E-state index < -0.39 is 29.1 Å². The van der Waals surface area contributed by atoms with Crippen LogP contribution in [0.15, 0.2) is 34.8 Å². The lowest BCUT2D eigenvalue weighted by Gasteiger charge is -2.35. The number of likely N-dealkylation sites (tertiary alicyclic amines) is 1. The Morgan fingerprint density at radius 2 is 1.94 bits per heavy atom. The van der Waals surface area contributed by atoms with Crippen LogP contribution in [0.25, 0.3) is 10.4 Å². The first-order valence-electron chi connectivity index (χ1n) is 12.0. The summed E-state index contributed by atoms with van der Waals surface area (Å²) in [7, 11) is 0. The highest BCUT2D eigenvalue weighted by molar-refractivity contribution is 7.13. The fourth-order valence-electron chi connectivity index (χ4n) is 4.77. The Labute approximate surface area is 215 Å². The van der Waals surface area contributed by atoms with Gasteiger partial charge in [0.25, 0.3) is 5.91 Å². The van der Waals surface area contributed by atoms with Crippen molar-refractivity contribution in [3.8, 4) is 10.4 Å². The van der Waals surface area contributed by atoms with E-state index in [1.165, 1.54) is 11.8 Å². The fourth-order valence-corrected chi connectivity index (χ4v) is 5.58. The molecule has 36 heavy (non-hydrogen) atoms. The van der Waals surface area contributed by atoms with Crippen LogP contribution in [0.2, 0.25) is 0 Å². The van der Waals surface area contributed by atoms with Gasteiger partial charge >= 0.3 is 0 Å². The lowest BCUT2D eigenvalue weighted by atomic mass is 9.85. The summed E-state index contributed by atoms with van der Waals surface area (Å²) in [5.41, 5.74) is 2.79. The smallest absolute Gasteiger partial charge is 0.257 e. The molecule has 4 atom stereocenters. The molecule has 1 aromatic heterocycles. The number of amidine groups is 1. The van der Waals surface area contributed by atoms with Crippen molar-refractivity contribution >= 4 is 34.9 Å². The monoisotopic (exact) mass is 511 g/mol. The molecule has 2 aliphatic heterocycles. The van der Waals surface area contributed by atoms with Crippen LogP contribution in [0, 0.1) is 12.3 Å². The summed E-state index contributed by atoms with van der Waals surface area (Å²) in [6.45, 7) is 10.8. The molecule has 0 radical (unpaired) electrons. The number of carbonyl (C=O) groups is 3. The van der Waals surface area contributed by atoms with E-state index in [1.54, 1.807) is 23.8 Å². The number of aryl methyl sites for hydroxylation is 1. The Hall–Kier alpha value is -3.11. The zero-order valence-corrected chi connectivity index (χ0v) is 22.3. The van der Waals surface area contributed by atoms with E-state index in [1.807, 2.05) is 52.0 Å². The molecule has 192 valence electrons. The van der Waals surface area contributed by atoms with Crippen molar-refractivity contribution in [3.63, 3.8) is 0 Å². The number of nitrogens with one attached hydrogen (secondary N) is 2. The van der Waals surface area contributed by atoms with Crippen molar-refractivity contribution in [1.29, 1.82) is 0 Å². The van der Waals surface area contributed by atoms with Crippen molar-refractivity contribution in [2.75, 3.05) is 6.54 Å². The number of thiazole rings is 1. The molecule has 2 aliphatic rings. The minimum absolute atomic E-state index is 0.101. The number of benzene rings is 1. The van der Waals surface area contributed by atoms with Gasteiger partial charge in [-0.1, -0.05) is 45.0 Å². The molecule has 4 rings (SSSR count). The highest BCUT2D eigenvalue weighted by atomic mass is 32.1. The molecule has 0 aliphatic carbocycles. The van der Waals surface area contributed by atoms with Crippen molar-refractivity contribution < 1.29 is 19.5 Å². The number of hydrogen-bond donors (Lipinski definition) is 3. The third-order valence-corrected chi connectivity index (χ3v) is 7.80.